The van der Waals surface area contributed by atoms with Crippen molar-refractivity contribution in [2.24, 2.45) is 0 Å². The molecule has 1 aromatic carbocycles. The van der Waals surface area contributed by atoms with Gasteiger partial charge in [0.2, 0.25) is 0 Å². The lowest BCUT2D eigenvalue weighted by atomic mass is 10.2. The molecule has 18 heavy (non-hydrogen) atoms. The Morgan fingerprint density at radius 3 is 2.67 bits per heavy atom. The third-order valence-corrected chi connectivity index (χ3v) is 2.70. The number of aromatic amines is 1. The number of amides is 1. The van der Waals surface area contributed by atoms with E-state index < -0.39 is 0 Å². The number of carbonyl (C=O) groups is 1. The number of rotatable bonds is 3. The van der Waals surface area contributed by atoms with Crippen molar-refractivity contribution in [1.29, 1.82) is 0 Å². The minimum atomic E-state index is -0.145. The number of aromatic nitrogens is 1. The predicted molar refractivity (Wildman–Crippen MR) is 71.2 cm³/mol. The molecule has 0 radical (unpaired) electrons. The zero-order chi connectivity index (χ0) is 13.1. The second-order valence-electron chi connectivity index (χ2n) is 4.20. The fourth-order valence-electron chi connectivity index (χ4n) is 1.86. The SMILES string of the molecule is COc1cccc(NC(=O)c2[nH]c(C)cc2C)c1. The second-order valence-corrected chi connectivity index (χ2v) is 4.20. The number of benzene rings is 1. The van der Waals surface area contributed by atoms with E-state index in [2.05, 4.69) is 10.3 Å². The molecule has 0 aliphatic rings. The summed E-state index contributed by atoms with van der Waals surface area (Å²) >= 11 is 0. The molecule has 1 heterocycles. The van der Waals surface area contributed by atoms with Crippen molar-refractivity contribution in [2.45, 2.75) is 13.8 Å². The standard InChI is InChI=1S/C14H16N2O2/c1-9-7-10(2)15-13(9)14(17)16-11-5-4-6-12(8-11)18-3/h4-8,15H,1-3H3,(H,16,17). The van der Waals surface area contributed by atoms with E-state index in [0.29, 0.717) is 17.1 Å². The van der Waals surface area contributed by atoms with Crippen LogP contribution < -0.4 is 10.1 Å². The molecule has 0 atom stereocenters. The van der Waals surface area contributed by atoms with Gasteiger partial charge in [0.05, 0.1) is 7.11 Å². The van der Waals surface area contributed by atoms with Crippen LogP contribution in [0, 0.1) is 13.8 Å². The molecule has 4 heteroatoms. The average molecular weight is 244 g/mol. The molecular weight excluding hydrogens is 228 g/mol. The molecule has 2 rings (SSSR count). The summed E-state index contributed by atoms with van der Waals surface area (Å²) in [4.78, 5) is 15.1. The van der Waals surface area contributed by atoms with E-state index in [-0.39, 0.29) is 5.91 Å². The maximum atomic E-state index is 12.1. The van der Waals surface area contributed by atoms with Gasteiger partial charge in [0.1, 0.15) is 11.4 Å². The van der Waals surface area contributed by atoms with Crippen molar-refractivity contribution in [3.63, 3.8) is 0 Å². The Labute approximate surface area is 106 Å². The van der Waals surface area contributed by atoms with Crippen LogP contribution in [0.4, 0.5) is 5.69 Å². The molecule has 0 saturated carbocycles. The number of H-pyrrole nitrogens is 1. The van der Waals surface area contributed by atoms with Gasteiger partial charge in [-0.25, -0.2) is 0 Å². The molecule has 4 nitrogen and oxygen atoms in total. The van der Waals surface area contributed by atoms with Crippen molar-refractivity contribution < 1.29 is 9.53 Å². The van der Waals surface area contributed by atoms with Gasteiger partial charge in [0, 0.05) is 17.4 Å². The Morgan fingerprint density at radius 2 is 2.06 bits per heavy atom. The molecule has 0 aliphatic heterocycles. The maximum Gasteiger partial charge on any atom is 0.272 e. The summed E-state index contributed by atoms with van der Waals surface area (Å²) < 4.78 is 5.11. The van der Waals surface area contributed by atoms with Gasteiger partial charge in [-0.3, -0.25) is 4.79 Å². The highest BCUT2D eigenvalue weighted by atomic mass is 16.5. The molecule has 2 N–H and O–H groups in total. The second kappa shape index (κ2) is 4.96. The topological polar surface area (TPSA) is 54.1 Å². The fourth-order valence-corrected chi connectivity index (χ4v) is 1.86. The molecule has 1 amide bonds. The van der Waals surface area contributed by atoms with Crippen molar-refractivity contribution >= 4 is 11.6 Å². The van der Waals surface area contributed by atoms with Crippen molar-refractivity contribution in [3.8, 4) is 5.75 Å². The van der Waals surface area contributed by atoms with Crippen LogP contribution >= 0.6 is 0 Å². The summed E-state index contributed by atoms with van der Waals surface area (Å²) in [5.41, 5.74) is 3.22. The summed E-state index contributed by atoms with van der Waals surface area (Å²) in [6, 6.07) is 9.22. The predicted octanol–water partition coefficient (Wildman–Crippen LogP) is 2.89. The first-order valence-electron chi connectivity index (χ1n) is 5.72. The molecule has 0 fully saturated rings. The Bertz CT molecular complexity index is 573. The van der Waals surface area contributed by atoms with E-state index in [1.807, 2.05) is 38.1 Å². The van der Waals surface area contributed by atoms with Crippen LogP contribution in [0.2, 0.25) is 0 Å². The Balaban J connectivity index is 2.18. The number of nitrogens with one attached hydrogen (secondary N) is 2. The number of ether oxygens (including phenoxy) is 1. The first kappa shape index (κ1) is 12.2. The van der Waals surface area contributed by atoms with Crippen LogP contribution in [0.3, 0.4) is 0 Å². The number of methoxy groups -OCH3 is 1. The van der Waals surface area contributed by atoms with Crippen LogP contribution in [0.1, 0.15) is 21.7 Å². The minimum Gasteiger partial charge on any atom is -0.497 e. The summed E-state index contributed by atoms with van der Waals surface area (Å²) in [5, 5.41) is 2.84. The van der Waals surface area contributed by atoms with Gasteiger partial charge in [0.15, 0.2) is 0 Å². The molecular formula is C14H16N2O2. The Kier molecular flexibility index (Phi) is 3.37. The molecule has 0 saturated heterocycles. The van der Waals surface area contributed by atoms with Gasteiger partial charge in [-0.15, -0.1) is 0 Å². The number of carbonyl (C=O) groups excluding carboxylic acids is 1. The van der Waals surface area contributed by atoms with Gasteiger partial charge in [-0.05, 0) is 37.6 Å². The largest absolute Gasteiger partial charge is 0.497 e. The fraction of sp³-hybridized carbons (Fsp3) is 0.214. The third kappa shape index (κ3) is 2.53. The van der Waals surface area contributed by atoms with E-state index in [1.165, 1.54) is 0 Å². The van der Waals surface area contributed by atoms with Gasteiger partial charge in [-0.1, -0.05) is 6.07 Å². The average Bonchev–Trinajstić information content (AvgIpc) is 2.69. The normalized spacial score (nSPS) is 10.2. The Hall–Kier alpha value is -2.23. The van der Waals surface area contributed by atoms with Crippen molar-refractivity contribution in [2.75, 3.05) is 12.4 Å². The van der Waals surface area contributed by atoms with Crippen molar-refractivity contribution in [1.82, 2.24) is 4.98 Å². The lowest BCUT2D eigenvalue weighted by Gasteiger charge is -2.06. The zero-order valence-corrected chi connectivity index (χ0v) is 10.7. The molecule has 2 aromatic rings. The summed E-state index contributed by atoms with van der Waals surface area (Å²) in [6.45, 7) is 3.83. The summed E-state index contributed by atoms with van der Waals surface area (Å²) in [5.74, 6) is 0.570. The number of aryl methyl sites for hydroxylation is 2. The molecule has 0 unspecified atom stereocenters. The number of hydrogen-bond donors (Lipinski definition) is 2. The highest BCUT2D eigenvalue weighted by Crippen LogP contribution is 2.18. The Morgan fingerprint density at radius 1 is 1.28 bits per heavy atom. The molecule has 0 aliphatic carbocycles. The van der Waals surface area contributed by atoms with Crippen molar-refractivity contribution in [3.05, 3.63) is 47.3 Å². The number of anilines is 1. The monoisotopic (exact) mass is 244 g/mol. The lowest BCUT2D eigenvalue weighted by Crippen LogP contribution is -2.13. The van der Waals surface area contributed by atoms with Crippen LogP contribution in [0.5, 0.6) is 5.75 Å². The van der Waals surface area contributed by atoms with Gasteiger partial charge in [0.25, 0.3) is 5.91 Å². The van der Waals surface area contributed by atoms with Crippen LogP contribution in [-0.2, 0) is 0 Å². The number of hydrogen-bond acceptors (Lipinski definition) is 2. The third-order valence-electron chi connectivity index (χ3n) is 2.70. The maximum absolute atomic E-state index is 12.1. The first-order valence-corrected chi connectivity index (χ1v) is 5.72. The van der Waals surface area contributed by atoms with E-state index in [1.54, 1.807) is 13.2 Å². The minimum absolute atomic E-state index is 0.145. The highest BCUT2D eigenvalue weighted by molar-refractivity contribution is 6.04. The highest BCUT2D eigenvalue weighted by Gasteiger charge is 2.11. The summed E-state index contributed by atoms with van der Waals surface area (Å²) in [7, 11) is 1.60. The van der Waals surface area contributed by atoms with E-state index in [4.69, 9.17) is 4.74 Å². The van der Waals surface area contributed by atoms with Crippen LogP contribution in [-0.4, -0.2) is 18.0 Å². The lowest BCUT2D eigenvalue weighted by molar-refractivity contribution is 0.102. The molecule has 0 bridgehead atoms. The van der Waals surface area contributed by atoms with E-state index >= 15 is 0 Å². The van der Waals surface area contributed by atoms with Gasteiger partial charge < -0.3 is 15.0 Å². The van der Waals surface area contributed by atoms with Gasteiger partial charge >= 0.3 is 0 Å². The smallest absolute Gasteiger partial charge is 0.272 e. The zero-order valence-electron chi connectivity index (χ0n) is 10.7. The van der Waals surface area contributed by atoms with E-state index in [9.17, 15) is 4.79 Å². The molecule has 94 valence electrons. The van der Waals surface area contributed by atoms with Crippen LogP contribution in [0.15, 0.2) is 30.3 Å². The molecule has 0 spiro atoms. The van der Waals surface area contributed by atoms with E-state index in [0.717, 1.165) is 11.3 Å². The van der Waals surface area contributed by atoms with Gasteiger partial charge in [-0.2, -0.15) is 0 Å². The molecule has 1 aromatic heterocycles. The summed E-state index contributed by atoms with van der Waals surface area (Å²) in [6.07, 6.45) is 0. The van der Waals surface area contributed by atoms with Crippen LogP contribution in [0.25, 0.3) is 0 Å². The quantitative estimate of drug-likeness (QED) is 0.872. The first-order chi connectivity index (χ1) is 8.60.